The van der Waals surface area contributed by atoms with Crippen molar-refractivity contribution in [3.05, 3.63) is 0 Å². The van der Waals surface area contributed by atoms with E-state index in [0.717, 1.165) is 6.42 Å². The number of nitrogens with one attached hydrogen (secondary N) is 3. The SMILES string of the molecule is CCC(C)Nc1nc(NCCOCCOCCN)nc(NC(C)C)n1. The molecule has 0 aliphatic rings. The molecular formula is C16H33N7O2. The van der Waals surface area contributed by atoms with Gasteiger partial charge in [0.15, 0.2) is 0 Å². The minimum atomic E-state index is 0.239. The molecule has 5 N–H and O–H groups in total. The van der Waals surface area contributed by atoms with Crippen LogP contribution in [0.5, 0.6) is 0 Å². The van der Waals surface area contributed by atoms with Crippen LogP contribution in [0.4, 0.5) is 17.8 Å². The number of rotatable bonds is 14. The van der Waals surface area contributed by atoms with Crippen molar-refractivity contribution >= 4 is 17.8 Å². The first-order valence-corrected chi connectivity index (χ1v) is 8.93. The third kappa shape index (κ3) is 10.0. The summed E-state index contributed by atoms with van der Waals surface area (Å²) in [6, 6.07) is 0.530. The van der Waals surface area contributed by atoms with Crippen LogP contribution in [0.2, 0.25) is 0 Å². The van der Waals surface area contributed by atoms with Crippen molar-refractivity contribution in [1.82, 2.24) is 15.0 Å². The summed E-state index contributed by atoms with van der Waals surface area (Å²) in [5, 5.41) is 9.65. The highest BCUT2D eigenvalue weighted by molar-refractivity contribution is 5.42. The molecular weight excluding hydrogens is 322 g/mol. The van der Waals surface area contributed by atoms with Crippen LogP contribution in [0, 0.1) is 0 Å². The van der Waals surface area contributed by atoms with Gasteiger partial charge in [0.2, 0.25) is 17.8 Å². The van der Waals surface area contributed by atoms with Crippen LogP contribution < -0.4 is 21.7 Å². The van der Waals surface area contributed by atoms with Gasteiger partial charge < -0.3 is 31.2 Å². The average molecular weight is 355 g/mol. The maximum Gasteiger partial charge on any atom is 0.229 e. The molecule has 1 heterocycles. The molecule has 144 valence electrons. The normalized spacial score (nSPS) is 12.2. The highest BCUT2D eigenvalue weighted by Gasteiger charge is 2.09. The van der Waals surface area contributed by atoms with Crippen molar-refractivity contribution in [3.8, 4) is 0 Å². The minimum absolute atomic E-state index is 0.239. The monoisotopic (exact) mass is 355 g/mol. The number of nitrogens with two attached hydrogens (primary N) is 1. The Morgan fingerprint density at radius 3 is 2.08 bits per heavy atom. The highest BCUT2D eigenvalue weighted by atomic mass is 16.5. The molecule has 0 radical (unpaired) electrons. The molecule has 0 spiro atoms. The van der Waals surface area contributed by atoms with Gasteiger partial charge >= 0.3 is 0 Å². The lowest BCUT2D eigenvalue weighted by molar-refractivity contribution is 0.0547. The minimum Gasteiger partial charge on any atom is -0.378 e. The second-order valence-corrected chi connectivity index (χ2v) is 6.00. The lowest BCUT2D eigenvalue weighted by Crippen LogP contribution is -2.21. The second-order valence-electron chi connectivity index (χ2n) is 6.00. The maximum absolute atomic E-state index is 5.48. The van der Waals surface area contributed by atoms with Gasteiger partial charge in [0.25, 0.3) is 0 Å². The van der Waals surface area contributed by atoms with Crippen molar-refractivity contribution in [2.45, 2.75) is 46.2 Å². The Morgan fingerprint density at radius 2 is 1.48 bits per heavy atom. The van der Waals surface area contributed by atoms with E-state index in [1.807, 2.05) is 13.8 Å². The standard InChI is InChI=1S/C16H33N7O2/c1-5-13(4)20-16-22-14(21-15(23-16)19-12(2)3)18-7-9-25-11-10-24-8-6-17/h12-13H,5-11,17H2,1-4H3,(H3,18,19,20,21,22,23). The smallest absolute Gasteiger partial charge is 0.229 e. The average Bonchev–Trinajstić information content (AvgIpc) is 2.56. The predicted molar refractivity (Wildman–Crippen MR) is 101 cm³/mol. The third-order valence-electron chi connectivity index (χ3n) is 3.20. The molecule has 0 saturated carbocycles. The molecule has 1 rings (SSSR count). The van der Waals surface area contributed by atoms with Gasteiger partial charge in [-0.2, -0.15) is 15.0 Å². The quantitative estimate of drug-likeness (QED) is 0.366. The van der Waals surface area contributed by atoms with Crippen molar-refractivity contribution in [3.63, 3.8) is 0 Å². The fourth-order valence-electron chi connectivity index (χ4n) is 1.81. The Labute approximate surface area is 150 Å². The van der Waals surface area contributed by atoms with E-state index in [-0.39, 0.29) is 6.04 Å². The molecule has 0 saturated heterocycles. The molecule has 0 aliphatic heterocycles. The topological polar surface area (TPSA) is 119 Å². The number of nitrogens with zero attached hydrogens (tertiary/aromatic N) is 3. The number of ether oxygens (including phenoxy) is 2. The Kier molecular flexibility index (Phi) is 10.8. The lowest BCUT2D eigenvalue weighted by atomic mass is 10.3. The molecule has 1 aromatic rings. The van der Waals surface area contributed by atoms with Crippen molar-refractivity contribution in [2.24, 2.45) is 5.73 Å². The molecule has 0 amide bonds. The van der Waals surface area contributed by atoms with Crippen LogP contribution in [0.25, 0.3) is 0 Å². The van der Waals surface area contributed by atoms with Gasteiger partial charge in [-0.05, 0) is 27.2 Å². The molecule has 1 aromatic heterocycles. The van der Waals surface area contributed by atoms with E-state index in [1.54, 1.807) is 0 Å². The van der Waals surface area contributed by atoms with Crippen molar-refractivity contribution in [2.75, 3.05) is 55.5 Å². The zero-order valence-electron chi connectivity index (χ0n) is 15.8. The number of anilines is 3. The maximum atomic E-state index is 5.48. The molecule has 9 heteroatoms. The Balaban J connectivity index is 2.48. The second kappa shape index (κ2) is 12.6. The lowest BCUT2D eigenvalue weighted by Gasteiger charge is -2.15. The summed E-state index contributed by atoms with van der Waals surface area (Å²) in [5.74, 6) is 1.63. The number of aromatic nitrogens is 3. The molecule has 1 atom stereocenters. The number of hydrogen-bond acceptors (Lipinski definition) is 9. The van der Waals surface area contributed by atoms with Crippen LogP contribution in [-0.2, 0) is 9.47 Å². The molecule has 1 unspecified atom stereocenters. The summed E-state index contributed by atoms with van der Waals surface area (Å²) in [4.78, 5) is 13.2. The van der Waals surface area contributed by atoms with E-state index in [2.05, 4.69) is 44.7 Å². The van der Waals surface area contributed by atoms with E-state index in [9.17, 15) is 0 Å². The van der Waals surface area contributed by atoms with Crippen LogP contribution in [0.15, 0.2) is 0 Å². The van der Waals surface area contributed by atoms with Crippen molar-refractivity contribution in [1.29, 1.82) is 0 Å². The van der Waals surface area contributed by atoms with Gasteiger partial charge in [0, 0.05) is 25.2 Å². The van der Waals surface area contributed by atoms with Crippen LogP contribution in [-0.4, -0.2) is 66.6 Å². The zero-order valence-corrected chi connectivity index (χ0v) is 15.8. The van der Waals surface area contributed by atoms with E-state index in [4.69, 9.17) is 15.2 Å². The molecule has 0 aliphatic carbocycles. The zero-order chi connectivity index (χ0) is 18.5. The summed E-state index contributed by atoms with van der Waals surface area (Å²) in [5.41, 5.74) is 5.34. The van der Waals surface area contributed by atoms with E-state index in [1.165, 1.54) is 0 Å². The molecule has 0 aromatic carbocycles. The van der Waals surface area contributed by atoms with Gasteiger partial charge in [0.1, 0.15) is 0 Å². The number of hydrogen-bond donors (Lipinski definition) is 4. The summed E-state index contributed by atoms with van der Waals surface area (Å²) in [7, 11) is 0. The fraction of sp³-hybridized carbons (Fsp3) is 0.812. The van der Waals surface area contributed by atoms with E-state index in [0.29, 0.717) is 63.4 Å². The Morgan fingerprint density at radius 1 is 0.880 bits per heavy atom. The highest BCUT2D eigenvalue weighted by Crippen LogP contribution is 2.11. The van der Waals surface area contributed by atoms with Crippen LogP contribution in [0.1, 0.15) is 34.1 Å². The molecule has 0 fully saturated rings. The summed E-state index contributed by atoms with van der Waals surface area (Å²) >= 11 is 0. The van der Waals surface area contributed by atoms with Gasteiger partial charge in [-0.1, -0.05) is 6.92 Å². The first-order valence-electron chi connectivity index (χ1n) is 8.93. The first-order chi connectivity index (χ1) is 12.0. The van der Waals surface area contributed by atoms with E-state index < -0.39 is 0 Å². The van der Waals surface area contributed by atoms with E-state index >= 15 is 0 Å². The summed E-state index contributed by atoms with van der Waals surface area (Å²) in [6.07, 6.45) is 0.988. The fourth-order valence-corrected chi connectivity index (χ4v) is 1.81. The van der Waals surface area contributed by atoms with Gasteiger partial charge in [-0.15, -0.1) is 0 Å². The molecule has 9 nitrogen and oxygen atoms in total. The Hall–Kier alpha value is -1.71. The molecule has 0 bridgehead atoms. The van der Waals surface area contributed by atoms with Gasteiger partial charge in [0.05, 0.1) is 26.4 Å². The predicted octanol–water partition coefficient (Wildman–Crippen LogP) is 1.31. The largest absolute Gasteiger partial charge is 0.378 e. The van der Waals surface area contributed by atoms with Crippen LogP contribution >= 0.6 is 0 Å². The van der Waals surface area contributed by atoms with Crippen molar-refractivity contribution < 1.29 is 9.47 Å². The summed E-state index contributed by atoms with van der Waals surface area (Å²) < 4.78 is 10.7. The van der Waals surface area contributed by atoms with Gasteiger partial charge in [-0.3, -0.25) is 0 Å². The summed E-state index contributed by atoms with van der Waals surface area (Å²) in [6.45, 7) is 11.6. The van der Waals surface area contributed by atoms with Crippen LogP contribution in [0.3, 0.4) is 0 Å². The first kappa shape index (κ1) is 21.3. The third-order valence-corrected chi connectivity index (χ3v) is 3.20. The van der Waals surface area contributed by atoms with Gasteiger partial charge in [-0.25, -0.2) is 0 Å². The molecule has 25 heavy (non-hydrogen) atoms. The Bertz CT molecular complexity index is 474.